The zero-order valence-electron chi connectivity index (χ0n) is 15.6. The van der Waals surface area contributed by atoms with Crippen LogP contribution in [-0.2, 0) is 13.1 Å². The predicted molar refractivity (Wildman–Crippen MR) is 101 cm³/mol. The fraction of sp³-hybridized carbons (Fsp3) is 0.500. The first-order valence-electron chi connectivity index (χ1n) is 9.36. The Morgan fingerprint density at radius 1 is 1.42 bits per heavy atom. The lowest BCUT2D eigenvalue weighted by Gasteiger charge is -2.34. The van der Waals surface area contributed by atoms with Gasteiger partial charge >= 0.3 is 6.03 Å². The van der Waals surface area contributed by atoms with Crippen molar-refractivity contribution in [2.75, 3.05) is 19.6 Å². The minimum absolute atomic E-state index is 0.0187. The average molecular weight is 356 g/mol. The lowest BCUT2D eigenvalue weighted by atomic mass is 10.1. The Hall–Kier alpha value is -2.34. The molecule has 140 valence electrons. The maximum atomic E-state index is 12.7. The number of amides is 2. The molecule has 2 aromatic heterocycles. The second-order valence-corrected chi connectivity index (χ2v) is 6.91. The lowest BCUT2D eigenvalue weighted by molar-refractivity contribution is 0.161. The summed E-state index contributed by atoms with van der Waals surface area (Å²) in [7, 11) is 0. The molecular formula is C20H28N4O2. The summed E-state index contributed by atoms with van der Waals surface area (Å²) < 4.78 is 5.60. The van der Waals surface area contributed by atoms with Crippen molar-refractivity contribution in [3.8, 4) is 0 Å². The molecule has 0 saturated carbocycles. The SMILES string of the molecule is CCN(Cc1ccc(C)o1)C(=O)N[C@H]1CCCN(Cc2cccnc2)C1. The van der Waals surface area contributed by atoms with Gasteiger partial charge in [0.05, 0.1) is 6.54 Å². The second kappa shape index (κ2) is 8.85. The Balaban J connectivity index is 1.52. The molecule has 0 radical (unpaired) electrons. The molecule has 6 nitrogen and oxygen atoms in total. The molecule has 0 aromatic carbocycles. The molecule has 0 spiro atoms. The number of carbonyl (C=O) groups excluding carboxylic acids is 1. The van der Waals surface area contributed by atoms with E-state index in [1.54, 1.807) is 11.1 Å². The van der Waals surface area contributed by atoms with Gasteiger partial charge in [-0.1, -0.05) is 6.07 Å². The van der Waals surface area contributed by atoms with E-state index in [4.69, 9.17) is 4.42 Å². The first kappa shape index (κ1) is 18.5. The first-order valence-corrected chi connectivity index (χ1v) is 9.36. The van der Waals surface area contributed by atoms with Gasteiger partial charge in [-0.05, 0) is 57.0 Å². The van der Waals surface area contributed by atoms with Gasteiger partial charge in [0.15, 0.2) is 0 Å². The molecular weight excluding hydrogens is 328 g/mol. The Morgan fingerprint density at radius 2 is 2.31 bits per heavy atom. The van der Waals surface area contributed by atoms with Gasteiger partial charge in [-0.25, -0.2) is 4.79 Å². The van der Waals surface area contributed by atoms with Crippen LogP contribution < -0.4 is 5.32 Å². The lowest BCUT2D eigenvalue weighted by Crippen LogP contribution is -2.51. The number of aryl methyl sites for hydroxylation is 1. The molecule has 0 unspecified atom stereocenters. The average Bonchev–Trinajstić information content (AvgIpc) is 3.05. The van der Waals surface area contributed by atoms with Crippen LogP contribution in [-0.4, -0.2) is 46.5 Å². The van der Waals surface area contributed by atoms with Gasteiger partial charge in [0.25, 0.3) is 0 Å². The van der Waals surface area contributed by atoms with E-state index in [0.29, 0.717) is 13.1 Å². The van der Waals surface area contributed by atoms with Crippen LogP contribution in [0.5, 0.6) is 0 Å². The minimum Gasteiger partial charge on any atom is -0.464 e. The number of rotatable bonds is 6. The van der Waals surface area contributed by atoms with Crippen LogP contribution in [0.2, 0.25) is 0 Å². The number of hydrogen-bond donors (Lipinski definition) is 1. The van der Waals surface area contributed by atoms with Crippen LogP contribution in [0.4, 0.5) is 4.79 Å². The van der Waals surface area contributed by atoms with E-state index in [0.717, 1.165) is 44.0 Å². The molecule has 1 atom stereocenters. The van der Waals surface area contributed by atoms with Gasteiger partial charge in [-0.2, -0.15) is 0 Å². The van der Waals surface area contributed by atoms with Gasteiger partial charge in [-0.15, -0.1) is 0 Å². The summed E-state index contributed by atoms with van der Waals surface area (Å²) in [6.45, 7) is 7.87. The summed E-state index contributed by atoms with van der Waals surface area (Å²) in [4.78, 5) is 21.0. The third-order valence-corrected chi connectivity index (χ3v) is 4.77. The van der Waals surface area contributed by atoms with Crippen molar-refractivity contribution in [3.05, 3.63) is 53.7 Å². The molecule has 1 N–H and O–H groups in total. The number of urea groups is 1. The van der Waals surface area contributed by atoms with Crippen molar-refractivity contribution in [2.24, 2.45) is 0 Å². The number of aromatic nitrogens is 1. The Kier molecular flexibility index (Phi) is 6.28. The topological polar surface area (TPSA) is 61.6 Å². The van der Waals surface area contributed by atoms with E-state index >= 15 is 0 Å². The van der Waals surface area contributed by atoms with E-state index in [9.17, 15) is 4.79 Å². The van der Waals surface area contributed by atoms with E-state index in [2.05, 4.69) is 21.3 Å². The highest BCUT2D eigenvalue weighted by Gasteiger charge is 2.23. The highest BCUT2D eigenvalue weighted by Crippen LogP contribution is 2.15. The van der Waals surface area contributed by atoms with Crippen molar-refractivity contribution in [3.63, 3.8) is 0 Å². The number of carbonyl (C=O) groups is 1. The third-order valence-electron chi connectivity index (χ3n) is 4.77. The first-order chi connectivity index (χ1) is 12.6. The molecule has 3 rings (SSSR count). The molecule has 1 aliphatic rings. The molecule has 1 aliphatic heterocycles. The van der Waals surface area contributed by atoms with Crippen molar-refractivity contribution >= 4 is 6.03 Å². The van der Waals surface area contributed by atoms with Crippen molar-refractivity contribution in [1.82, 2.24) is 20.1 Å². The van der Waals surface area contributed by atoms with E-state index in [1.165, 1.54) is 5.56 Å². The summed E-state index contributed by atoms with van der Waals surface area (Å²) in [5.74, 6) is 1.69. The zero-order chi connectivity index (χ0) is 18.4. The standard InChI is InChI=1S/C20H28N4O2/c1-3-24(15-19-9-8-16(2)26-19)20(25)22-18-7-5-11-23(14-18)13-17-6-4-10-21-12-17/h4,6,8-10,12,18H,3,5,7,11,13-15H2,1-2H3,(H,22,25)/t18-/m0/s1. The van der Waals surface area contributed by atoms with Gasteiger partial charge in [0.1, 0.15) is 11.5 Å². The summed E-state index contributed by atoms with van der Waals surface area (Å²) in [6.07, 6.45) is 5.82. The number of piperidine rings is 1. The van der Waals surface area contributed by atoms with Crippen LogP contribution in [0.3, 0.4) is 0 Å². The smallest absolute Gasteiger partial charge is 0.318 e. The van der Waals surface area contributed by atoms with Gasteiger partial charge in [0, 0.05) is 38.1 Å². The van der Waals surface area contributed by atoms with Gasteiger partial charge in [-0.3, -0.25) is 9.88 Å². The van der Waals surface area contributed by atoms with Crippen LogP contribution >= 0.6 is 0 Å². The summed E-state index contributed by atoms with van der Waals surface area (Å²) in [5.41, 5.74) is 1.21. The number of furan rings is 1. The number of nitrogens with one attached hydrogen (secondary N) is 1. The monoisotopic (exact) mass is 356 g/mol. The maximum absolute atomic E-state index is 12.7. The van der Waals surface area contributed by atoms with Crippen LogP contribution in [0.1, 0.15) is 36.8 Å². The molecule has 0 aliphatic carbocycles. The quantitative estimate of drug-likeness (QED) is 0.863. The Bertz CT molecular complexity index is 701. The van der Waals surface area contributed by atoms with Crippen LogP contribution in [0.25, 0.3) is 0 Å². The highest BCUT2D eigenvalue weighted by atomic mass is 16.3. The van der Waals surface area contributed by atoms with E-state index in [-0.39, 0.29) is 12.1 Å². The van der Waals surface area contributed by atoms with Gasteiger partial charge < -0.3 is 14.6 Å². The predicted octanol–water partition coefficient (Wildman–Crippen LogP) is 3.18. The Labute approximate surface area is 155 Å². The van der Waals surface area contributed by atoms with Crippen molar-refractivity contribution in [2.45, 2.75) is 45.8 Å². The minimum atomic E-state index is -0.0187. The number of pyridine rings is 1. The van der Waals surface area contributed by atoms with Gasteiger partial charge in [0.2, 0.25) is 0 Å². The third kappa shape index (κ3) is 5.08. The fourth-order valence-electron chi connectivity index (χ4n) is 3.42. The molecule has 1 fully saturated rings. The normalized spacial score (nSPS) is 17.8. The number of hydrogen-bond acceptors (Lipinski definition) is 4. The summed E-state index contributed by atoms with van der Waals surface area (Å²) in [6, 6.07) is 8.09. The summed E-state index contributed by atoms with van der Waals surface area (Å²) >= 11 is 0. The van der Waals surface area contributed by atoms with E-state index < -0.39 is 0 Å². The van der Waals surface area contributed by atoms with Crippen molar-refractivity contribution < 1.29 is 9.21 Å². The molecule has 2 aromatic rings. The van der Waals surface area contributed by atoms with Crippen LogP contribution in [0.15, 0.2) is 41.1 Å². The van der Waals surface area contributed by atoms with E-state index in [1.807, 2.05) is 38.2 Å². The number of likely N-dealkylation sites (tertiary alicyclic amines) is 1. The second-order valence-electron chi connectivity index (χ2n) is 6.91. The maximum Gasteiger partial charge on any atom is 0.318 e. The fourth-order valence-corrected chi connectivity index (χ4v) is 3.42. The molecule has 6 heteroatoms. The molecule has 3 heterocycles. The largest absolute Gasteiger partial charge is 0.464 e. The molecule has 1 saturated heterocycles. The van der Waals surface area contributed by atoms with Crippen molar-refractivity contribution in [1.29, 1.82) is 0 Å². The molecule has 2 amide bonds. The molecule has 26 heavy (non-hydrogen) atoms. The number of nitrogens with zero attached hydrogens (tertiary/aromatic N) is 3. The van der Waals surface area contributed by atoms with Crippen LogP contribution in [0, 0.1) is 6.92 Å². The Morgan fingerprint density at radius 3 is 3.00 bits per heavy atom. The summed E-state index contributed by atoms with van der Waals surface area (Å²) in [5, 5.41) is 3.20. The zero-order valence-corrected chi connectivity index (χ0v) is 15.6. The molecule has 0 bridgehead atoms. The highest BCUT2D eigenvalue weighted by molar-refractivity contribution is 5.74.